The SMILES string of the molecule is Cc1cc(NC(=O)C(C)(C)Sc2nnc(N)s2)no1. The summed E-state index contributed by atoms with van der Waals surface area (Å²) in [5, 5.41) is 14.4. The first kappa shape index (κ1) is 13.8. The number of amides is 1. The molecule has 0 aromatic carbocycles. The first-order valence-electron chi connectivity index (χ1n) is 5.39. The summed E-state index contributed by atoms with van der Waals surface area (Å²) in [7, 11) is 0. The summed E-state index contributed by atoms with van der Waals surface area (Å²) >= 11 is 2.54. The van der Waals surface area contributed by atoms with Gasteiger partial charge in [0.1, 0.15) is 5.76 Å². The van der Waals surface area contributed by atoms with Crippen LogP contribution in [0.5, 0.6) is 0 Å². The van der Waals surface area contributed by atoms with Crippen LogP contribution in [-0.4, -0.2) is 26.0 Å². The van der Waals surface area contributed by atoms with Crippen LogP contribution in [0, 0.1) is 6.92 Å². The molecule has 0 aliphatic rings. The number of rotatable bonds is 4. The average molecular weight is 299 g/mol. The molecule has 2 heterocycles. The largest absolute Gasteiger partial charge is 0.374 e. The molecular weight excluding hydrogens is 286 g/mol. The number of anilines is 2. The maximum absolute atomic E-state index is 12.2. The summed E-state index contributed by atoms with van der Waals surface area (Å²) in [6, 6.07) is 1.65. The Labute approximate surface area is 118 Å². The van der Waals surface area contributed by atoms with Crippen molar-refractivity contribution >= 4 is 40.0 Å². The van der Waals surface area contributed by atoms with E-state index in [1.54, 1.807) is 26.8 Å². The highest BCUT2D eigenvalue weighted by Gasteiger charge is 2.31. The minimum Gasteiger partial charge on any atom is -0.374 e. The van der Waals surface area contributed by atoms with E-state index in [0.29, 0.717) is 21.0 Å². The molecule has 102 valence electrons. The zero-order valence-corrected chi connectivity index (χ0v) is 12.3. The van der Waals surface area contributed by atoms with E-state index in [9.17, 15) is 4.79 Å². The Balaban J connectivity index is 2.04. The average Bonchev–Trinajstić information content (AvgIpc) is 2.87. The van der Waals surface area contributed by atoms with Gasteiger partial charge in [0.15, 0.2) is 10.2 Å². The zero-order valence-electron chi connectivity index (χ0n) is 10.6. The lowest BCUT2D eigenvalue weighted by Gasteiger charge is -2.20. The number of hydrogen-bond acceptors (Lipinski definition) is 8. The number of aryl methyl sites for hydroxylation is 1. The minimum atomic E-state index is -0.723. The van der Waals surface area contributed by atoms with E-state index >= 15 is 0 Å². The lowest BCUT2D eigenvalue weighted by Crippen LogP contribution is -2.34. The van der Waals surface area contributed by atoms with Crippen LogP contribution in [0.2, 0.25) is 0 Å². The number of thioether (sulfide) groups is 1. The topological polar surface area (TPSA) is 107 Å². The molecule has 3 N–H and O–H groups in total. The van der Waals surface area contributed by atoms with Gasteiger partial charge >= 0.3 is 0 Å². The third kappa shape index (κ3) is 3.44. The molecule has 0 aliphatic carbocycles. The standard InChI is InChI=1S/C10H13N5O2S2/c1-5-4-6(15-17-5)12-7(16)10(2,3)19-9-14-13-8(11)18-9/h4H,1-3H3,(H2,11,13)(H,12,15,16). The first-order chi connectivity index (χ1) is 8.87. The van der Waals surface area contributed by atoms with Gasteiger partial charge in [-0.3, -0.25) is 4.79 Å². The van der Waals surface area contributed by atoms with Gasteiger partial charge in [-0.15, -0.1) is 10.2 Å². The van der Waals surface area contributed by atoms with Crippen molar-refractivity contribution in [1.82, 2.24) is 15.4 Å². The van der Waals surface area contributed by atoms with Gasteiger partial charge in [0.25, 0.3) is 0 Å². The fourth-order valence-electron chi connectivity index (χ4n) is 1.22. The normalized spacial score (nSPS) is 11.5. The maximum Gasteiger partial charge on any atom is 0.241 e. The van der Waals surface area contributed by atoms with Gasteiger partial charge in [-0.05, 0) is 20.8 Å². The second-order valence-corrected chi connectivity index (χ2v) is 7.17. The number of nitrogens with one attached hydrogen (secondary N) is 1. The smallest absolute Gasteiger partial charge is 0.241 e. The van der Waals surface area contributed by atoms with Gasteiger partial charge in [0.05, 0.1) is 4.75 Å². The molecule has 2 rings (SSSR count). The van der Waals surface area contributed by atoms with Crippen LogP contribution in [-0.2, 0) is 4.79 Å². The second kappa shape index (κ2) is 5.17. The highest BCUT2D eigenvalue weighted by molar-refractivity contribution is 8.03. The van der Waals surface area contributed by atoms with Crippen LogP contribution in [0.1, 0.15) is 19.6 Å². The van der Waals surface area contributed by atoms with E-state index in [1.807, 2.05) is 0 Å². The summed E-state index contributed by atoms with van der Waals surface area (Å²) in [5.41, 5.74) is 5.51. The molecule has 0 spiro atoms. The molecule has 2 aromatic heterocycles. The third-order valence-corrected chi connectivity index (χ3v) is 4.18. The van der Waals surface area contributed by atoms with Crippen molar-refractivity contribution in [1.29, 1.82) is 0 Å². The molecule has 19 heavy (non-hydrogen) atoms. The molecule has 0 saturated heterocycles. The van der Waals surface area contributed by atoms with Crippen molar-refractivity contribution in [2.45, 2.75) is 29.9 Å². The minimum absolute atomic E-state index is 0.195. The van der Waals surface area contributed by atoms with Crippen molar-refractivity contribution in [2.24, 2.45) is 0 Å². The Morgan fingerprint density at radius 3 is 2.79 bits per heavy atom. The van der Waals surface area contributed by atoms with Crippen LogP contribution < -0.4 is 11.1 Å². The molecule has 2 aromatic rings. The molecule has 0 bridgehead atoms. The number of carbonyl (C=O) groups is 1. The molecule has 9 heteroatoms. The number of aromatic nitrogens is 3. The lowest BCUT2D eigenvalue weighted by atomic mass is 10.2. The van der Waals surface area contributed by atoms with E-state index in [4.69, 9.17) is 10.3 Å². The molecule has 1 amide bonds. The molecular formula is C10H13N5O2S2. The fourth-order valence-corrected chi connectivity index (χ4v) is 3.27. The van der Waals surface area contributed by atoms with Gasteiger partial charge in [-0.25, -0.2) is 0 Å². The number of nitrogens with two attached hydrogens (primary N) is 1. The van der Waals surface area contributed by atoms with Crippen LogP contribution in [0.4, 0.5) is 10.9 Å². The zero-order chi connectivity index (χ0) is 14.0. The van der Waals surface area contributed by atoms with Crippen molar-refractivity contribution < 1.29 is 9.32 Å². The Morgan fingerprint density at radius 1 is 1.53 bits per heavy atom. The number of nitrogens with zero attached hydrogens (tertiary/aromatic N) is 3. The highest BCUT2D eigenvalue weighted by atomic mass is 32.2. The summed E-state index contributed by atoms with van der Waals surface area (Å²) in [4.78, 5) is 12.2. The molecule has 7 nitrogen and oxygen atoms in total. The van der Waals surface area contributed by atoms with Crippen molar-refractivity contribution in [3.05, 3.63) is 11.8 Å². The number of hydrogen-bond donors (Lipinski definition) is 2. The summed E-state index contributed by atoms with van der Waals surface area (Å²) in [6.07, 6.45) is 0. The van der Waals surface area contributed by atoms with E-state index in [-0.39, 0.29) is 5.91 Å². The number of carbonyl (C=O) groups excluding carboxylic acids is 1. The molecule has 0 unspecified atom stereocenters. The highest BCUT2D eigenvalue weighted by Crippen LogP contribution is 2.35. The summed E-state index contributed by atoms with van der Waals surface area (Å²) < 4.78 is 4.82. The lowest BCUT2D eigenvalue weighted by molar-refractivity contribution is -0.117. The van der Waals surface area contributed by atoms with E-state index in [1.165, 1.54) is 23.1 Å². The van der Waals surface area contributed by atoms with Crippen LogP contribution in [0.15, 0.2) is 14.9 Å². The van der Waals surface area contributed by atoms with Gasteiger partial charge in [-0.2, -0.15) is 0 Å². The Morgan fingerprint density at radius 2 is 2.26 bits per heavy atom. The van der Waals surface area contributed by atoms with Gasteiger partial charge in [0.2, 0.25) is 11.0 Å². The van der Waals surface area contributed by atoms with E-state index in [2.05, 4.69) is 20.7 Å². The molecule has 0 radical (unpaired) electrons. The fraction of sp³-hybridized carbons (Fsp3) is 0.400. The van der Waals surface area contributed by atoms with E-state index < -0.39 is 4.75 Å². The third-order valence-electron chi connectivity index (χ3n) is 2.18. The Bertz CT molecular complexity index is 592. The van der Waals surface area contributed by atoms with Gasteiger partial charge < -0.3 is 15.6 Å². The van der Waals surface area contributed by atoms with Crippen molar-refractivity contribution in [3.8, 4) is 0 Å². The van der Waals surface area contributed by atoms with E-state index in [0.717, 1.165) is 0 Å². The Hall–Kier alpha value is -1.61. The van der Waals surface area contributed by atoms with Gasteiger partial charge in [0, 0.05) is 6.07 Å². The predicted octanol–water partition coefficient (Wildman–Crippen LogP) is 1.93. The van der Waals surface area contributed by atoms with Crippen molar-refractivity contribution in [3.63, 3.8) is 0 Å². The Kier molecular flexibility index (Phi) is 3.76. The first-order valence-corrected chi connectivity index (χ1v) is 7.03. The molecule has 0 atom stereocenters. The summed E-state index contributed by atoms with van der Waals surface area (Å²) in [5.74, 6) is 0.838. The number of nitrogen functional groups attached to an aromatic ring is 1. The predicted molar refractivity (Wildman–Crippen MR) is 74.1 cm³/mol. The maximum atomic E-state index is 12.2. The van der Waals surface area contributed by atoms with Gasteiger partial charge in [-0.1, -0.05) is 28.3 Å². The molecule has 0 fully saturated rings. The molecule has 0 saturated carbocycles. The second-order valence-electron chi connectivity index (χ2n) is 4.30. The van der Waals surface area contributed by atoms with Crippen LogP contribution >= 0.6 is 23.1 Å². The summed E-state index contributed by atoms with van der Waals surface area (Å²) in [6.45, 7) is 5.33. The van der Waals surface area contributed by atoms with Crippen LogP contribution in [0.3, 0.4) is 0 Å². The van der Waals surface area contributed by atoms with Crippen molar-refractivity contribution in [2.75, 3.05) is 11.1 Å². The quantitative estimate of drug-likeness (QED) is 0.830. The van der Waals surface area contributed by atoms with Crippen LogP contribution in [0.25, 0.3) is 0 Å². The molecule has 0 aliphatic heterocycles. The monoisotopic (exact) mass is 299 g/mol.